The molecule has 0 atom stereocenters. The monoisotopic (exact) mass is 292 g/mol. The Hall–Kier alpha value is -2.00. The largest absolute Gasteiger partial charge is 0.374 e. The smallest absolute Gasteiger partial charge is 0.237 e. The minimum Gasteiger partial charge on any atom is -0.374 e. The molecule has 0 aliphatic heterocycles. The number of aromatic nitrogens is 5. The molecule has 9 heteroatoms. The number of hydrogen-bond acceptors (Lipinski definition) is 9. The summed E-state index contributed by atoms with van der Waals surface area (Å²) in [7, 11) is 0. The predicted molar refractivity (Wildman–Crippen MR) is 71.4 cm³/mol. The van der Waals surface area contributed by atoms with E-state index < -0.39 is 0 Å². The van der Waals surface area contributed by atoms with E-state index in [0.29, 0.717) is 28.3 Å². The lowest BCUT2D eigenvalue weighted by molar-refractivity contribution is 0.391. The van der Waals surface area contributed by atoms with Crippen LogP contribution in [0.5, 0.6) is 0 Å². The Morgan fingerprint density at radius 1 is 1.32 bits per heavy atom. The molecule has 0 spiro atoms. The molecule has 0 radical (unpaired) electrons. The number of thioether (sulfide) groups is 1. The summed E-state index contributed by atoms with van der Waals surface area (Å²) in [6.07, 6.45) is 1.68. The van der Waals surface area contributed by atoms with Crippen LogP contribution in [0.2, 0.25) is 0 Å². The lowest BCUT2D eigenvalue weighted by atomic mass is 10.3. The van der Waals surface area contributed by atoms with Gasteiger partial charge < -0.3 is 10.3 Å². The molecule has 0 aromatic carbocycles. The molecule has 19 heavy (non-hydrogen) atoms. The van der Waals surface area contributed by atoms with Crippen LogP contribution in [0, 0.1) is 0 Å². The predicted octanol–water partition coefficient (Wildman–Crippen LogP) is 1.86. The fraction of sp³-hybridized carbons (Fsp3) is 0.100. The van der Waals surface area contributed by atoms with Crippen molar-refractivity contribution in [1.29, 1.82) is 0 Å². The van der Waals surface area contributed by atoms with Gasteiger partial charge in [0.15, 0.2) is 4.34 Å². The van der Waals surface area contributed by atoms with Crippen molar-refractivity contribution in [2.45, 2.75) is 10.1 Å². The summed E-state index contributed by atoms with van der Waals surface area (Å²) in [6, 6.07) is 5.53. The van der Waals surface area contributed by atoms with E-state index in [1.54, 1.807) is 6.20 Å². The first-order valence-electron chi connectivity index (χ1n) is 5.27. The van der Waals surface area contributed by atoms with Crippen molar-refractivity contribution in [3.05, 3.63) is 30.3 Å². The van der Waals surface area contributed by atoms with Gasteiger partial charge in [0, 0.05) is 6.20 Å². The maximum atomic E-state index is 5.50. The Balaban J connectivity index is 1.68. The highest BCUT2D eigenvalue weighted by Gasteiger charge is 2.11. The van der Waals surface area contributed by atoms with Gasteiger partial charge in [0.25, 0.3) is 0 Å². The molecule has 3 aromatic rings. The average Bonchev–Trinajstić information content (AvgIpc) is 3.06. The van der Waals surface area contributed by atoms with Crippen LogP contribution in [0.25, 0.3) is 11.5 Å². The van der Waals surface area contributed by atoms with Crippen LogP contribution in [0.3, 0.4) is 0 Å². The molecule has 96 valence electrons. The summed E-state index contributed by atoms with van der Waals surface area (Å²) in [5.74, 6) is 1.52. The summed E-state index contributed by atoms with van der Waals surface area (Å²) in [5, 5.41) is 12.0. The second-order valence-corrected chi connectivity index (χ2v) is 5.65. The van der Waals surface area contributed by atoms with Crippen LogP contribution in [0.1, 0.15) is 5.89 Å². The van der Waals surface area contributed by atoms with Gasteiger partial charge in [-0.3, -0.25) is 4.98 Å². The minimum absolute atomic E-state index is 0.446. The van der Waals surface area contributed by atoms with Crippen molar-refractivity contribution in [1.82, 2.24) is 25.3 Å². The molecule has 0 aliphatic rings. The van der Waals surface area contributed by atoms with Gasteiger partial charge in [-0.1, -0.05) is 34.3 Å². The molecule has 2 N–H and O–H groups in total. The molecule has 3 rings (SSSR count). The second-order valence-electron chi connectivity index (χ2n) is 3.42. The van der Waals surface area contributed by atoms with Gasteiger partial charge in [0.1, 0.15) is 5.69 Å². The van der Waals surface area contributed by atoms with E-state index in [1.807, 2.05) is 18.2 Å². The second kappa shape index (κ2) is 5.33. The van der Waals surface area contributed by atoms with E-state index in [4.69, 9.17) is 10.3 Å². The average molecular weight is 292 g/mol. The zero-order valence-electron chi connectivity index (χ0n) is 9.55. The summed E-state index contributed by atoms with van der Waals surface area (Å²) in [6.45, 7) is 0. The van der Waals surface area contributed by atoms with Crippen LogP contribution < -0.4 is 5.73 Å². The summed E-state index contributed by atoms with van der Waals surface area (Å²) in [4.78, 5) is 8.42. The Kier molecular flexibility index (Phi) is 3.38. The minimum atomic E-state index is 0.446. The number of nitrogens with two attached hydrogens (primary N) is 1. The lowest BCUT2D eigenvalue weighted by Gasteiger charge is -1.90. The van der Waals surface area contributed by atoms with Crippen LogP contribution in [0.4, 0.5) is 5.13 Å². The molecule has 0 aliphatic carbocycles. The van der Waals surface area contributed by atoms with Gasteiger partial charge in [0.2, 0.25) is 16.8 Å². The molecule has 3 aromatic heterocycles. The van der Waals surface area contributed by atoms with E-state index in [2.05, 4.69) is 25.3 Å². The third-order valence-electron chi connectivity index (χ3n) is 2.10. The van der Waals surface area contributed by atoms with E-state index in [-0.39, 0.29) is 0 Å². The number of nitrogens with zero attached hydrogens (tertiary/aromatic N) is 5. The molecule has 0 amide bonds. The molecule has 0 saturated heterocycles. The Morgan fingerprint density at radius 3 is 3.00 bits per heavy atom. The molecular formula is C10H8N6OS2. The molecular weight excluding hydrogens is 284 g/mol. The van der Waals surface area contributed by atoms with Crippen molar-refractivity contribution in [2.75, 3.05) is 5.73 Å². The number of anilines is 1. The van der Waals surface area contributed by atoms with E-state index in [9.17, 15) is 0 Å². The van der Waals surface area contributed by atoms with Crippen LogP contribution >= 0.6 is 23.1 Å². The summed E-state index contributed by atoms with van der Waals surface area (Å²) >= 11 is 2.78. The Labute approximate surface area is 116 Å². The highest BCUT2D eigenvalue weighted by molar-refractivity contribution is 8.00. The van der Waals surface area contributed by atoms with E-state index in [0.717, 1.165) is 4.34 Å². The van der Waals surface area contributed by atoms with Gasteiger partial charge >= 0.3 is 0 Å². The number of hydrogen-bond donors (Lipinski definition) is 1. The van der Waals surface area contributed by atoms with Gasteiger partial charge in [0.05, 0.1) is 5.75 Å². The topological polar surface area (TPSA) is 104 Å². The van der Waals surface area contributed by atoms with Crippen molar-refractivity contribution in [3.63, 3.8) is 0 Å². The molecule has 0 unspecified atom stereocenters. The van der Waals surface area contributed by atoms with Crippen LogP contribution in [0.15, 0.2) is 33.3 Å². The SMILES string of the molecule is Nc1nnc(SCc2nc(-c3ccccn3)no2)s1. The lowest BCUT2D eigenvalue weighted by Crippen LogP contribution is -1.85. The van der Waals surface area contributed by atoms with Crippen molar-refractivity contribution >= 4 is 28.2 Å². The fourth-order valence-corrected chi connectivity index (χ4v) is 2.79. The first-order valence-corrected chi connectivity index (χ1v) is 7.07. The fourth-order valence-electron chi connectivity index (χ4n) is 1.31. The van der Waals surface area contributed by atoms with Crippen LogP contribution in [-0.4, -0.2) is 25.3 Å². The first kappa shape index (κ1) is 12.1. The number of nitrogen functional groups attached to an aromatic ring is 1. The number of rotatable bonds is 4. The van der Waals surface area contributed by atoms with E-state index >= 15 is 0 Å². The summed E-state index contributed by atoms with van der Waals surface area (Å²) < 4.78 is 5.92. The van der Waals surface area contributed by atoms with Gasteiger partial charge in [-0.2, -0.15) is 4.98 Å². The van der Waals surface area contributed by atoms with Crippen molar-refractivity contribution in [2.24, 2.45) is 0 Å². The maximum Gasteiger partial charge on any atom is 0.237 e. The zero-order valence-corrected chi connectivity index (χ0v) is 11.2. The normalized spacial score (nSPS) is 10.7. The highest BCUT2D eigenvalue weighted by atomic mass is 32.2. The van der Waals surface area contributed by atoms with Gasteiger partial charge in [-0.25, -0.2) is 0 Å². The molecule has 0 bridgehead atoms. The highest BCUT2D eigenvalue weighted by Crippen LogP contribution is 2.26. The van der Waals surface area contributed by atoms with Crippen molar-refractivity contribution < 1.29 is 4.52 Å². The van der Waals surface area contributed by atoms with Crippen LogP contribution in [-0.2, 0) is 5.75 Å². The molecule has 3 heterocycles. The molecule has 7 nitrogen and oxygen atoms in total. The van der Waals surface area contributed by atoms with Gasteiger partial charge in [-0.05, 0) is 12.1 Å². The first-order chi connectivity index (χ1) is 9.31. The molecule has 0 saturated carbocycles. The standard InChI is InChI=1S/C10H8N6OS2/c11-9-14-15-10(19-9)18-5-7-13-8(16-17-7)6-3-1-2-4-12-6/h1-4H,5H2,(H2,11,14). The molecule has 0 fully saturated rings. The number of pyridine rings is 1. The third kappa shape index (κ3) is 2.88. The Morgan fingerprint density at radius 2 is 2.26 bits per heavy atom. The summed E-state index contributed by atoms with van der Waals surface area (Å²) in [5.41, 5.74) is 6.18. The van der Waals surface area contributed by atoms with E-state index in [1.165, 1.54) is 23.1 Å². The Bertz CT molecular complexity index is 667. The van der Waals surface area contributed by atoms with Crippen molar-refractivity contribution in [3.8, 4) is 11.5 Å². The zero-order chi connectivity index (χ0) is 13.1. The third-order valence-corrected chi connectivity index (χ3v) is 3.97. The quantitative estimate of drug-likeness (QED) is 0.727. The maximum absolute atomic E-state index is 5.50. The van der Waals surface area contributed by atoms with Gasteiger partial charge in [-0.15, -0.1) is 10.2 Å².